The zero-order valence-corrected chi connectivity index (χ0v) is 18.7. The Labute approximate surface area is 179 Å². The molecule has 5 nitrogen and oxygen atoms in total. The number of thiazole rings is 1. The van der Waals surface area contributed by atoms with Crippen LogP contribution < -0.4 is 10.6 Å². The van der Waals surface area contributed by atoms with E-state index in [4.69, 9.17) is 0 Å². The van der Waals surface area contributed by atoms with Crippen molar-refractivity contribution >= 4 is 52.2 Å². The summed E-state index contributed by atoms with van der Waals surface area (Å²) in [7, 11) is 0. The number of hydrogen-bond donors (Lipinski definition) is 3. The number of aromatic amines is 1. The largest absolute Gasteiger partial charge is 0.361 e. The molecule has 8 heteroatoms. The summed E-state index contributed by atoms with van der Waals surface area (Å²) in [5.74, 6) is 0.589. The fourth-order valence-corrected chi connectivity index (χ4v) is 3.48. The number of aromatic nitrogens is 2. The average molecular weight is 501 g/mol. The molecular formula is C19H25FIN5S. The molecular weight excluding hydrogens is 476 g/mol. The predicted octanol–water partition coefficient (Wildman–Crippen LogP) is 4.03. The van der Waals surface area contributed by atoms with Crippen LogP contribution in [0.5, 0.6) is 0 Å². The van der Waals surface area contributed by atoms with Gasteiger partial charge in [-0.15, -0.1) is 35.3 Å². The summed E-state index contributed by atoms with van der Waals surface area (Å²) >= 11 is 1.67. The van der Waals surface area contributed by atoms with Crippen LogP contribution >= 0.6 is 35.3 Å². The van der Waals surface area contributed by atoms with Crippen LogP contribution in [-0.2, 0) is 12.8 Å². The number of hydrogen-bond acceptors (Lipinski definition) is 3. The summed E-state index contributed by atoms with van der Waals surface area (Å²) in [6, 6.07) is 4.85. The van der Waals surface area contributed by atoms with Gasteiger partial charge in [-0.1, -0.05) is 0 Å². The van der Waals surface area contributed by atoms with E-state index < -0.39 is 0 Å². The van der Waals surface area contributed by atoms with Crippen molar-refractivity contribution in [2.75, 3.05) is 19.6 Å². The van der Waals surface area contributed by atoms with Crippen molar-refractivity contribution in [2.45, 2.75) is 26.7 Å². The molecule has 0 atom stereocenters. The minimum atomic E-state index is -0.221. The molecule has 0 aliphatic carbocycles. The molecule has 2 heterocycles. The summed E-state index contributed by atoms with van der Waals surface area (Å²) in [5, 5.41) is 10.9. The highest BCUT2D eigenvalue weighted by atomic mass is 127. The second-order valence-corrected chi connectivity index (χ2v) is 7.11. The van der Waals surface area contributed by atoms with Gasteiger partial charge in [-0.2, -0.15) is 0 Å². The maximum Gasteiger partial charge on any atom is 0.191 e. The molecule has 0 aliphatic rings. The van der Waals surface area contributed by atoms with Gasteiger partial charge in [-0.25, -0.2) is 9.37 Å². The quantitative estimate of drug-likeness (QED) is 0.260. The van der Waals surface area contributed by atoms with Gasteiger partial charge in [-0.05, 0) is 44.0 Å². The van der Waals surface area contributed by atoms with Crippen molar-refractivity contribution in [2.24, 2.45) is 4.99 Å². The van der Waals surface area contributed by atoms with E-state index >= 15 is 0 Å². The third-order valence-electron chi connectivity index (χ3n) is 4.06. The second-order valence-electron chi connectivity index (χ2n) is 6.05. The molecule has 0 bridgehead atoms. The molecule has 3 aromatic rings. The molecule has 0 spiro atoms. The third-order valence-corrected chi connectivity index (χ3v) is 4.89. The second kappa shape index (κ2) is 10.6. The fraction of sp³-hybridized carbons (Fsp3) is 0.368. The Kier molecular flexibility index (Phi) is 8.49. The summed E-state index contributed by atoms with van der Waals surface area (Å²) < 4.78 is 13.3. The number of guanidine groups is 1. The van der Waals surface area contributed by atoms with E-state index in [2.05, 4.69) is 37.9 Å². The summed E-state index contributed by atoms with van der Waals surface area (Å²) in [4.78, 5) is 12.2. The molecule has 0 fully saturated rings. The van der Waals surface area contributed by atoms with Gasteiger partial charge in [0.1, 0.15) is 5.82 Å². The SMILES string of the molecule is CCNC(=NCCc1csc(C)n1)NCCc1c[nH]c2cc(F)ccc12.I. The van der Waals surface area contributed by atoms with Gasteiger partial charge in [0.25, 0.3) is 0 Å². The number of rotatable bonds is 7. The van der Waals surface area contributed by atoms with E-state index in [0.29, 0.717) is 6.54 Å². The minimum absolute atomic E-state index is 0. The van der Waals surface area contributed by atoms with Gasteiger partial charge in [0.15, 0.2) is 5.96 Å². The molecule has 2 aromatic heterocycles. The Morgan fingerprint density at radius 3 is 2.89 bits per heavy atom. The first-order chi connectivity index (χ1) is 12.7. The molecule has 1 aromatic carbocycles. The zero-order valence-electron chi connectivity index (χ0n) is 15.5. The molecule has 0 unspecified atom stereocenters. The van der Waals surface area contributed by atoms with Gasteiger partial charge in [0.05, 0.1) is 10.7 Å². The Morgan fingerprint density at radius 2 is 2.15 bits per heavy atom. The molecule has 3 N–H and O–H groups in total. The first kappa shape index (κ1) is 21.6. The highest BCUT2D eigenvalue weighted by Gasteiger charge is 2.05. The molecule has 27 heavy (non-hydrogen) atoms. The van der Waals surface area contributed by atoms with Gasteiger partial charge < -0.3 is 15.6 Å². The third kappa shape index (κ3) is 6.17. The van der Waals surface area contributed by atoms with Crippen LogP contribution in [0.3, 0.4) is 0 Å². The van der Waals surface area contributed by atoms with Crippen LogP contribution in [0, 0.1) is 12.7 Å². The fourth-order valence-electron chi connectivity index (χ4n) is 2.83. The Hall–Kier alpha value is -1.68. The van der Waals surface area contributed by atoms with Gasteiger partial charge in [0, 0.05) is 48.5 Å². The highest BCUT2D eigenvalue weighted by Crippen LogP contribution is 2.19. The highest BCUT2D eigenvalue weighted by molar-refractivity contribution is 14.0. The van der Waals surface area contributed by atoms with Crippen molar-refractivity contribution in [3.05, 3.63) is 51.9 Å². The van der Waals surface area contributed by atoms with E-state index in [-0.39, 0.29) is 29.8 Å². The molecule has 3 rings (SSSR count). The zero-order chi connectivity index (χ0) is 18.4. The van der Waals surface area contributed by atoms with E-state index in [1.807, 2.05) is 19.2 Å². The lowest BCUT2D eigenvalue weighted by Gasteiger charge is -2.11. The first-order valence-electron chi connectivity index (χ1n) is 8.84. The number of benzene rings is 1. The Balaban J connectivity index is 0.00000261. The average Bonchev–Trinajstić information content (AvgIpc) is 3.21. The first-order valence-corrected chi connectivity index (χ1v) is 9.72. The Bertz CT molecular complexity index is 889. The van der Waals surface area contributed by atoms with Crippen molar-refractivity contribution in [3.63, 3.8) is 0 Å². The lowest BCUT2D eigenvalue weighted by atomic mass is 10.1. The van der Waals surface area contributed by atoms with Crippen LogP contribution in [0.1, 0.15) is 23.2 Å². The monoisotopic (exact) mass is 501 g/mol. The van der Waals surface area contributed by atoms with Crippen LogP contribution in [0.4, 0.5) is 4.39 Å². The standard InChI is InChI=1S/C19H24FN5S.HI/c1-3-21-19(23-9-7-16-12-26-13(2)25-16)22-8-6-14-11-24-18-10-15(20)4-5-17(14)18;/h4-5,10-12,24H,3,6-9H2,1-2H3,(H2,21,22,23);1H. The van der Waals surface area contributed by atoms with E-state index in [9.17, 15) is 4.39 Å². The van der Waals surface area contributed by atoms with Gasteiger partial charge in [0.2, 0.25) is 0 Å². The molecule has 0 amide bonds. The molecule has 0 radical (unpaired) electrons. The molecule has 0 aliphatic heterocycles. The number of halogens is 2. The van der Waals surface area contributed by atoms with E-state index in [0.717, 1.165) is 53.5 Å². The number of aliphatic imine (C=N–C) groups is 1. The van der Waals surface area contributed by atoms with Crippen molar-refractivity contribution in [1.82, 2.24) is 20.6 Å². The van der Waals surface area contributed by atoms with Crippen molar-refractivity contribution < 1.29 is 4.39 Å². The molecule has 146 valence electrons. The summed E-state index contributed by atoms with van der Waals surface area (Å²) in [5.41, 5.74) is 3.10. The van der Waals surface area contributed by atoms with E-state index in [1.54, 1.807) is 11.3 Å². The van der Waals surface area contributed by atoms with Crippen LogP contribution in [-0.4, -0.2) is 35.6 Å². The van der Waals surface area contributed by atoms with Gasteiger partial charge >= 0.3 is 0 Å². The predicted molar refractivity (Wildman–Crippen MR) is 122 cm³/mol. The number of nitrogens with one attached hydrogen (secondary N) is 3. The van der Waals surface area contributed by atoms with Crippen LogP contribution in [0.2, 0.25) is 0 Å². The summed E-state index contributed by atoms with van der Waals surface area (Å²) in [6.45, 7) is 6.34. The lowest BCUT2D eigenvalue weighted by Crippen LogP contribution is -2.38. The summed E-state index contributed by atoms with van der Waals surface area (Å²) in [6.07, 6.45) is 3.62. The van der Waals surface area contributed by atoms with Gasteiger partial charge in [-0.3, -0.25) is 4.99 Å². The smallest absolute Gasteiger partial charge is 0.191 e. The van der Waals surface area contributed by atoms with Crippen LogP contribution in [0.25, 0.3) is 10.9 Å². The normalized spacial score (nSPS) is 11.4. The maximum atomic E-state index is 13.3. The number of fused-ring (bicyclic) bond motifs is 1. The topological polar surface area (TPSA) is 65.1 Å². The van der Waals surface area contributed by atoms with Crippen LogP contribution in [0.15, 0.2) is 34.8 Å². The number of H-pyrrole nitrogens is 1. The van der Waals surface area contributed by atoms with Crippen molar-refractivity contribution in [3.8, 4) is 0 Å². The maximum absolute atomic E-state index is 13.3. The minimum Gasteiger partial charge on any atom is -0.361 e. The van der Waals surface area contributed by atoms with E-state index in [1.165, 1.54) is 17.7 Å². The molecule has 0 saturated carbocycles. The number of nitrogens with zero attached hydrogens (tertiary/aromatic N) is 2. The molecule has 0 saturated heterocycles. The van der Waals surface area contributed by atoms with Crippen molar-refractivity contribution in [1.29, 1.82) is 0 Å². The Morgan fingerprint density at radius 1 is 1.30 bits per heavy atom. The number of aryl methyl sites for hydroxylation is 1. The lowest BCUT2D eigenvalue weighted by molar-refractivity contribution is 0.629.